The van der Waals surface area contributed by atoms with Crippen LogP contribution in [0.4, 0.5) is 11.4 Å². The van der Waals surface area contributed by atoms with Crippen molar-refractivity contribution in [3.05, 3.63) is 58.1 Å². The van der Waals surface area contributed by atoms with Gasteiger partial charge in [-0.25, -0.2) is 0 Å². The summed E-state index contributed by atoms with van der Waals surface area (Å²) in [6.07, 6.45) is 0.211. The Labute approximate surface area is 152 Å². The van der Waals surface area contributed by atoms with E-state index in [1.54, 1.807) is 11.0 Å². The van der Waals surface area contributed by atoms with E-state index < -0.39 is 0 Å². The molecule has 1 unspecified atom stereocenters. The first-order chi connectivity index (χ1) is 11.9. The lowest BCUT2D eigenvalue weighted by Crippen LogP contribution is -2.28. The highest BCUT2D eigenvalue weighted by atomic mass is 35.5. The van der Waals surface area contributed by atoms with Gasteiger partial charge in [0.05, 0.1) is 5.92 Å². The summed E-state index contributed by atoms with van der Waals surface area (Å²) in [6, 6.07) is 11.4. The Morgan fingerprint density at radius 1 is 1.12 bits per heavy atom. The molecule has 3 rings (SSSR count). The van der Waals surface area contributed by atoms with E-state index >= 15 is 0 Å². The number of nitrogens with zero attached hydrogens (tertiary/aromatic N) is 1. The van der Waals surface area contributed by atoms with Gasteiger partial charge in [0.2, 0.25) is 11.8 Å². The second-order valence-electron chi connectivity index (χ2n) is 6.59. The number of aryl methyl sites for hydroxylation is 3. The fourth-order valence-corrected chi connectivity index (χ4v) is 3.29. The molecule has 2 aromatic rings. The largest absolute Gasteiger partial charge is 0.325 e. The Balaban J connectivity index is 1.75. The number of para-hydroxylation sites is 1. The van der Waals surface area contributed by atoms with Crippen molar-refractivity contribution in [1.29, 1.82) is 0 Å². The third-order valence-electron chi connectivity index (χ3n) is 4.69. The summed E-state index contributed by atoms with van der Waals surface area (Å²) in [6.45, 7) is 6.21. The third kappa shape index (κ3) is 3.54. The first-order valence-corrected chi connectivity index (χ1v) is 8.68. The maximum absolute atomic E-state index is 12.6. The molecule has 1 N–H and O–H groups in total. The van der Waals surface area contributed by atoms with Crippen LogP contribution in [0.15, 0.2) is 36.4 Å². The van der Waals surface area contributed by atoms with Crippen molar-refractivity contribution in [2.75, 3.05) is 16.8 Å². The minimum Gasteiger partial charge on any atom is -0.325 e. The van der Waals surface area contributed by atoms with Gasteiger partial charge in [0.15, 0.2) is 0 Å². The number of hydrogen-bond donors (Lipinski definition) is 1. The quantitative estimate of drug-likeness (QED) is 0.893. The first kappa shape index (κ1) is 17.5. The summed E-state index contributed by atoms with van der Waals surface area (Å²) in [5.41, 5.74) is 4.56. The van der Waals surface area contributed by atoms with Gasteiger partial charge in [0, 0.05) is 29.4 Å². The highest BCUT2D eigenvalue weighted by Gasteiger charge is 2.35. The molecular formula is C20H21ClN2O2. The number of benzene rings is 2. The minimum atomic E-state index is -0.369. The number of halogens is 1. The van der Waals surface area contributed by atoms with Crippen LogP contribution in [0.2, 0.25) is 5.02 Å². The second-order valence-corrected chi connectivity index (χ2v) is 7.00. The molecule has 130 valence electrons. The molecule has 1 saturated heterocycles. The van der Waals surface area contributed by atoms with Crippen LogP contribution in [-0.2, 0) is 9.59 Å². The van der Waals surface area contributed by atoms with Crippen molar-refractivity contribution in [2.45, 2.75) is 27.2 Å². The van der Waals surface area contributed by atoms with Crippen molar-refractivity contribution >= 4 is 34.8 Å². The third-order valence-corrected chi connectivity index (χ3v) is 5.10. The van der Waals surface area contributed by atoms with Gasteiger partial charge >= 0.3 is 0 Å². The number of carbonyl (C=O) groups excluding carboxylic acids is 2. The van der Waals surface area contributed by atoms with E-state index in [1.807, 2.05) is 51.1 Å². The van der Waals surface area contributed by atoms with E-state index in [2.05, 4.69) is 5.32 Å². The Bertz CT molecular complexity index is 827. The zero-order valence-electron chi connectivity index (χ0n) is 14.6. The number of rotatable bonds is 3. The van der Waals surface area contributed by atoms with Gasteiger partial charge in [0.1, 0.15) is 0 Å². The van der Waals surface area contributed by atoms with Crippen molar-refractivity contribution in [3.8, 4) is 0 Å². The maximum Gasteiger partial charge on any atom is 0.229 e. The molecule has 1 aliphatic rings. The summed E-state index contributed by atoms with van der Waals surface area (Å²) in [4.78, 5) is 26.7. The molecule has 0 aliphatic carbocycles. The molecule has 2 amide bonds. The molecular weight excluding hydrogens is 336 g/mol. The number of nitrogens with one attached hydrogen (secondary N) is 1. The standard InChI is InChI=1S/C20H21ClN2O2/c1-12-7-8-16(10-17(12)21)23-11-15(9-18(23)24)20(25)22-19-13(2)5-4-6-14(19)3/h4-8,10,15H,9,11H2,1-3H3,(H,22,25). The van der Waals surface area contributed by atoms with Crippen molar-refractivity contribution in [3.63, 3.8) is 0 Å². The Morgan fingerprint density at radius 3 is 2.44 bits per heavy atom. The van der Waals surface area contributed by atoms with Crippen LogP contribution in [0.5, 0.6) is 0 Å². The summed E-state index contributed by atoms with van der Waals surface area (Å²) in [5.74, 6) is -0.542. The van der Waals surface area contributed by atoms with Gasteiger partial charge in [-0.1, -0.05) is 35.9 Å². The second kappa shape index (κ2) is 6.89. The van der Waals surface area contributed by atoms with Crippen LogP contribution in [0, 0.1) is 26.7 Å². The molecule has 5 heteroatoms. The average molecular weight is 357 g/mol. The lowest BCUT2D eigenvalue weighted by Gasteiger charge is -2.18. The van der Waals surface area contributed by atoms with Gasteiger partial charge in [0.25, 0.3) is 0 Å². The molecule has 1 heterocycles. The van der Waals surface area contributed by atoms with Gasteiger partial charge < -0.3 is 10.2 Å². The Morgan fingerprint density at radius 2 is 1.80 bits per heavy atom. The summed E-state index contributed by atoms with van der Waals surface area (Å²) in [5, 5.41) is 3.61. The molecule has 1 atom stereocenters. The maximum atomic E-state index is 12.6. The monoisotopic (exact) mass is 356 g/mol. The summed E-state index contributed by atoms with van der Waals surface area (Å²) in [7, 11) is 0. The van der Waals surface area contributed by atoms with E-state index in [4.69, 9.17) is 11.6 Å². The van der Waals surface area contributed by atoms with E-state index in [9.17, 15) is 9.59 Å². The van der Waals surface area contributed by atoms with Crippen molar-refractivity contribution < 1.29 is 9.59 Å². The fraction of sp³-hybridized carbons (Fsp3) is 0.300. The van der Waals surface area contributed by atoms with Crippen LogP contribution in [0.3, 0.4) is 0 Å². The lowest BCUT2D eigenvalue weighted by atomic mass is 10.1. The predicted octanol–water partition coefficient (Wildman–Crippen LogP) is 4.26. The molecule has 0 radical (unpaired) electrons. The normalized spacial score (nSPS) is 17.0. The number of hydrogen-bond acceptors (Lipinski definition) is 2. The van der Waals surface area contributed by atoms with Gasteiger partial charge in [-0.05, 0) is 49.6 Å². The molecule has 0 saturated carbocycles. The number of anilines is 2. The van der Waals surface area contributed by atoms with Gasteiger partial charge in [-0.2, -0.15) is 0 Å². The van der Waals surface area contributed by atoms with Gasteiger partial charge in [-0.15, -0.1) is 0 Å². The van der Waals surface area contributed by atoms with Crippen LogP contribution < -0.4 is 10.2 Å². The predicted molar refractivity (Wildman–Crippen MR) is 101 cm³/mol. The van der Waals surface area contributed by atoms with E-state index in [1.165, 1.54) is 0 Å². The molecule has 1 fully saturated rings. The van der Waals surface area contributed by atoms with E-state index in [0.29, 0.717) is 11.6 Å². The molecule has 2 aromatic carbocycles. The summed E-state index contributed by atoms with van der Waals surface area (Å²) >= 11 is 6.16. The molecule has 1 aliphatic heterocycles. The van der Waals surface area contributed by atoms with Crippen LogP contribution in [0.1, 0.15) is 23.1 Å². The zero-order valence-corrected chi connectivity index (χ0v) is 15.4. The van der Waals surface area contributed by atoms with Crippen LogP contribution >= 0.6 is 11.6 Å². The van der Waals surface area contributed by atoms with E-state index in [0.717, 1.165) is 28.1 Å². The first-order valence-electron chi connectivity index (χ1n) is 8.30. The average Bonchev–Trinajstić information content (AvgIpc) is 2.95. The van der Waals surface area contributed by atoms with Gasteiger partial charge in [-0.3, -0.25) is 9.59 Å². The van der Waals surface area contributed by atoms with Crippen molar-refractivity contribution in [1.82, 2.24) is 0 Å². The lowest BCUT2D eigenvalue weighted by molar-refractivity contribution is -0.122. The van der Waals surface area contributed by atoms with E-state index in [-0.39, 0.29) is 24.2 Å². The zero-order chi connectivity index (χ0) is 18.1. The molecule has 25 heavy (non-hydrogen) atoms. The smallest absolute Gasteiger partial charge is 0.229 e. The SMILES string of the molecule is Cc1ccc(N2CC(C(=O)Nc3c(C)cccc3C)CC2=O)cc1Cl. The molecule has 0 spiro atoms. The molecule has 0 aromatic heterocycles. The highest BCUT2D eigenvalue weighted by Crippen LogP contribution is 2.30. The van der Waals surface area contributed by atoms with Crippen LogP contribution in [-0.4, -0.2) is 18.4 Å². The minimum absolute atomic E-state index is 0.0541. The fourth-order valence-electron chi connectivity index (χ4n) is 3.12. The number of carbonyl (C=O) groups is 2. The number of amides is 2. The van der Waals surface area contributed by atoms with Crippen LogP contribution in [0.25, 0.3) is 0 Å². The Hall–Kier alpha value is -2.33. The van der Waals surface area contributed by atoms with Crippen molar-refractivity contribution in [2.24, 2.45) is 5.92 Å². The molecule has 4 nitrogen and oxygen atoms in total. The molecule has 0 bridgehead atoms. The summed E-state index contributed by atoms with van der Waals surface area (Å²) < 4.78 is 0. The Kier molecular flexibility index (Phi) is 4.82. The topological polar surface area (TPSA) is 49.4 Å². The highest BCUT2D eigenvalue weighted by molar-refractivity contribution is 6.31.